The Labute approximate surface area is 106 Å². The van der Waals surface area contributed by atoms with Gasteiger partial charge < -0.3 is 5.11 Å². The highest BCUT2D eigenvalue weighted by molar-refractivity contribution is 6.18. The van der Waals surface area contributed by atoms with E-state index in [9.17, 15) is 9.90 Å². The first-order valence-electron chi connectivity index (χ1n) is 6.19. The molecule has 0 fully saturated rings. The van der Waals surface area contributed by atoms with Crippen molar-refractivity contribution < 1.29 is 9.90 Å². The number of rotatable bonds is 1. The minimum atomic E-state index is -0.836. The number of carboxylic acids is 1. The Kier molecular flexibility index (Phi) is 2.63. The van der Waals surface area contributed by atoms with Crippen LogP contribution in [-0.4, -0.2) is 11.1 Å². The number of fused-ring (bicyclic) bond motifs is 2. The van der Waals surface area contributed by atoms with E-state index in [1.807, 2.05) is 36.4 Å². The van der Waals surface area contributed by atoms with Crippen molar-refractivity contribution in [2.75, 3.05) is 0 Å². The van der Waals surface area contributed by atoms with Crippen LogP contribution < -0.4 is 0 Å². The summed E-state index contributed by atoms with van der Waals surface area (Å²) in [7, 11) is 0. The van der Waals surface area contributed by atoms with Crippen molar-refractivity contribution in [3.8, 4) is 0 Å². The lowest BCUT2D eigenvalue weighted by Crippen LogP contribution is -2.05. The minimum absolute atomic E-state index is 0.449. The first-order valence-corrected chi connectivity index (χ1v) is 6.19. The first kappa shape index (κ1) is 11.0. The predicted molar refractivity (Wildman–Crippen MR) is 71.2 cm³/mol. The second-order valence-corrected chi connectivity index (χ2v) is 4.62. The lowest BCUT2D eigenvalue weighted by Gasteiger charge is -2.12. The maximum Gasteiger partial charge on any atom is 0.336 e. The van der Waals surface area contributed by atoms with Crippen molar-refractivity contribution in [2.45, 2.75) is 19.3 Å². The lowest BCUT2D eigenvalue weighted by atomic mass is 9.92. The molecule has 0 amide bonds. The topological polar surface area (TPSA) is 37.3 Å². The van der Waals surface area contributed by atoms with Crippen LogP contribution in [-0.2, 0) is 11.2 Å². The number of hydrogen-bond acceptors (Lipinski definition) is 1. The molecule has 0 unspecified atom stereocenters. The molecule has 0 saturated carbocycles. The van der Waals surface area contributed by atoms with E-state index >= 15 is 0 Å². The number of aliphatic carboxylic acids is 1. The van der Waals surface area contributed by atoms with Gasteiger partial charge in [-0.1, -0.05) is 42.5 Å². The van der Waals surface area contributed by atoms with Gasteiger partial charge in [-0.2, -0.15) is 0 Å². The van der Waals surface area contributed by atoms with Crippen molar-refractivity contribution in [3.63, 3.8) is 0 Å². The maximum atomic E-state index is 11.6. The maximum absolute atomic E-state index is 11.6. The molecule has 1 aromatic rings. The highest BCUT2D eigenvalue weighted by Gasteiger charge is 2.24. The number of allylic oxidation sites excluding steroid dienone is 5. The molecule has 0 atom stereocenters. The minimum Gasteiger partial charge on any atom is -0.478 e. The van der Waals surface area contributed by atoms with E-state index in [2.05, 4.69) is 6.08 Å². The fourth-order valence-electron chi connectivity index (χ4n) is 2.72. The number of carboxylic acid groups (broad SMARTS) is 1. The van der Waals surface area contributed by atoms with E-state index in [4.69, 9.17) is 0 Å². The molecule has 2 nitrogen and oxygen atoms in total. The highest BCUT2D eigenvalue weighted by atomic mass is 16.4. The predicted octanol–water partition coefficient (Wildman–Crippen LogP) is 3.36. The van der Waals surface area contributed by atoms with Gasteiger partial charge in [0.25, 0.3) is 0 Å². The average molecular weight is 238 g/mol. The van der Waals surface area contributed by atoms with Crippen molar-refractivity contribution in [1.29, 1.82) is 0 Å². The zero-order valence-corrected chi connectivity index (χ0v) is 10.0. The Balaban J connectivity index is 2.29. The summed E-state index contributed by atoms with van der Waals surface area (Å²) in [4.78, 5) is 11.6. The van der Waals surface area contributed by atoms with Gasteiger partial charge in [0.1, 0.15) is 0 Å². The van der Waals surface area contributed by atoms with Crippen LogP contribution in [0.2, 0.25) is 0 Å². The summed E-state index contributed by atoms with van der Waals surface area (Å²) < 4.78 is 0. The van der Waals surface area contributed by atoms with Crippen LogP contribution >= 0.6 is 0 Å². The van der Waals surface area contributed by atoms with Crippen LogP contribution in [0.15, 0.2) is 53.6 Å². The standard InChI is InChI=1S/C16H14O2/c17-16(18)15-13-7-3-1-5-11(13)9-10-12-6-2-4-8-14(12)15/h1,3-8H,2,9-10H2,(H,17,18). The quantitative estimate of drug-likeness (QED) is 0.814. The molecule has 1 N–H and O–H groups in total. The highest BCUT2D eigenvalue weighted by Crippen LogP contribution is 2.35. The van der Waals surface area contributed by atoms with E-state index in [1.165, 1.54) is 5.57 Å². The number of hydrogen-bond donors (Lipinski definition) is 1. The third kappa shape index (κ3) is 1.70. The Morgan fingerprint density at radius 3 is 2.83 bits per heavy atom. The van der Waals surface area contributed by atoms with Gasteiger partial charge in [-0.25, -0.2) is 4.79 Å². The molecular formula is C16H14O2. The Morgan fingerprint density at radius 2 is 2.00 bits per heavy atom. The van der Waals surface area contributed by atoms with Crippen LogP contribution in [0.5, 0.6) is 0 Å². The van der Waals surface area contributed by atoms with Crippen molar-refractivity contribution in [1.82, 2.24) is 0 Å². The van der Waals surface area contributed by atoms with Gasteiger partial charge in [0.2, 0.25) is 0 Å². The Morgan fingerprint density at radius 1 is 1.17 bits per heavy atom. The molecule has 2 heteroatoms. The molecule has 1 aromatic carbocycles. The summed E-state index contributed by atoms with van der Waals surface area (Å²) in [5.74, 6) is -0.836. The summed E-state index contributed by atoms with van der Waals surface area (Å²) in [6.45, 7) is 0. The third-order valence-electron chi connectivity index (χ3n) is 3.56. The SMILES string of the molecule is O=C(O)C1=C2C=CCC=C2CCc2ccccc21. The van der Waals surface area contributed by atoms with Crippen LogP contribution in [0.25, 0.3) is 5.57 Å². The second kappa shape index (κ2) is 4.30. The molecular weight excluding hydrogens is 224 g/mol. The van der Waals surface area contributed by atoms with E-state index < -0.39 is 5.97 Å². The molecule has 0 spiro atoms. The molecule has 18 heavy (non-hydrogen) atoms. The zero-order chi connectivity index (χ0) is 12.5. The summed E-state index contributed by atoms with van der Waals surface area (Å²) >= 11 is 0. The van der Waals surface area contributed by atoms with E-state index in [1.54, 1.807) is 0 Å². The summed E-state index contributed by atoms with van der Waals surface area (Å²) in [6, 6.07) is 7.82. The summed E-state index contributed by atoms with van der Waals surface area (Å²) in [5, 5.41) is 9.53. The summed E-state index contributed by atoms with van der Waals surface area (Å²) in [5.41, 5.74) is 4.51. The third-order valence-corrected chi connectivity index (χ3v) is 3.56. The fourth-order valence-corrected chi connectivity index (χ4v) is 2.72. The molecule has 90 valence electrons. The average Bonchev–Trinajstić information content (AvgIpc) is 2.55. The fraction of sp³-hybridized carbons (Fsp3) is 0.188. The normalized spacial score (nSPS) is 17.7. The molecule has 0 radical (unpaired) electrons. The summed E-state index contributed by atoms with van der Waals surface area (Å²) in [6.07, 6.45) is 8.87. The smallest absolute Gasteiger partial charge is 0.336 e. The van der Waals surface area contributed by atoms with Gasteiger partial charge in [-0.3, -0.25) is 0 Å². The van der Waals surface area contributed by atoms with E-state index in [-0.39, 0.29) is 0 Å². The molecule has 0 bridgehead atoms. The Bertz CT molecular complexity index is 603. The van der Waals surface area contributed by atoms with Crippen LogP contribution in [0.3, 0.4) is 0 Å². The molecule has 0 aliphatic heterocycles. The molecule has 2 aliphatic rings. The zero-order valence-electron chi connectivity index (χ0n) is 10.0. The first-order chi connectivity index (χ1) is 8.77. The van der Waals surface area contributed by atoms with Gasteiger partial charge in [0.15, 0.2) is 0 Å². The Hall–Kier alpha value is -2.09. The monoisotopic (exact) mass is 238 g/mol. The van der Waals surface area contributed by atoms with Crippen molar-refractivity contribution >= 4 is 11.5 Å². The van der Waals surface area contributed by atoms with Crippen molar-refractivity contribution in [2.24, 2.45) is 0 Å². The van der Waals surface area contributed by atoms with Gasteiger partial charge in [-0.15, -0.1) is 0 Å². The van der Waals surface area contributed by atoms with Crippen molar-refractivity contribution in [3.05, 3.63) is 64.8 Å². The van der Waals surface area contributed by atoms with Crippen LogP contribution in [0.4, 0.5) is 0 Å². The molecule has 0 aromatic heterocycles. The molecule has 0 heterocycles. The number of aryl methyl sites for hydroxylation is 1. The van der Waals surface area contributed by atoms with E-state index in [0.717, 1.165) is 36.0 Å². The lowest BCUT2D eigenvalue weighted by molar-refractivity contribution is -0.130. The van der Waals surface area contributed by atoms with Crippen LogP contribution in [0.1, 0.15) is 24.0 Å². The largest absolute Gasteiger partial charge is 0.478 e. The van der Waals surface area contributed by atoms with Gasteiger partial charge >= 0.3 is 5.97 Å². The second-order valence-electron chi connectivity index (χ2n) is 4.62. The molecule has 0 saturated heterocycles. The molecule has 2 aliphatic carbocycles. The van der Waals surface area contributed by atoms with Gasteiger partial charge in [0, 0.05) is 0 Å². The van der Waals surface area contributed by atoms with Crippen LogP contribution in [0, 0.1) is 0 Å². The number of carbonyl (C=O) groups is 1. The van der Waals surface area contributed by atoms with Gasteiger partial charge in [-0.05, 0) is 41.5 Å². The van der Waals surface area contributed by atoms with E-state index in [0.29, 0.717) is 5.57 Å². The number of benzene rings is 1. The van der Waals surface area contributed by atoms with Gasteiger partial charge in [0.05, 0.1) is 5.57 Å². The molecule has 3 rings (SSSR count).